The Hall–Kier alpha value is -11.8. The van der Waals surface area contributed by atoms with Crippen molar-refractivity contribution in [1.82, 2.24) is 19.9 Å². The van der Waals surface area contributed by atoms with E-state index in [1.807, 2.05) is 72.6 Å². The van der Waals surface area contributed by atoms with E-state index in [2.05, 4.69) is 427 Å². The number of para-hydroxylation sites is 11. The molecule has 0 spiro atoms. The van der Waals surface area contributed by atoms with Gasteiger partial charge in [0.2, 0.25) is 0 Å². The molecule has 11 aromatic rings. The minimum Gasteiger partial charge on any atom is -0.353 e. The minimum absolute atomic E-state index is 0. The zero-order valence-corrected chi connectivity index (χ0v) is 72.8. The molecule has 0 radical (unpaired) electrons. The first-order chi connectivity index (χ1) is 57.2. The summed E-state index contributed by atoms with van der Waals surface area (Å²) in [6.45, 7) is 26.9. The number of aromatic nitrogens is 4. The molecule has 0 amide bonds. The first-order valence-corrected chi connectivity index (χ1v) is 43.2. The summed E-state index contributed by atoms with van der Waals surface area (Å²) in [5.74, 6) is 4.18. The van der Waals surface area contributed by atoms with Crippen molar-refractivity contribution in [2.24, 2.45) is 0 Å². The van der Waals surface area contributed by atoms with Gasteiger partial charge in [0, 0.05) is 89.6 Å². The molecule has 0 fully saturated rings. The average Bonchev–Trinajstić information content (AvgIpc) is 1.69. The third kappa shape index (κ3) is 15.6. The van der Waals surface area contributed by atoms with Gasteiger partial charge < -0.3 is 88.2 Å². The molecule has 0 saturated carbocycles. The van der Waals surface area contributed by atoms with Gasteiger partial charge >= 0.3 is 0 Å². The Kier molecular flexibility index (Phi) is 26.3. The number of hydrogen-bond donors (Lipinski definition) is 0. The Bertz CT molecular complexity index is 4840. The normalized spacial score (nSPS) is 21.5. The van der Waals surface area contributed by atoms with E-state index in [9.17, 15) is 0 Å². The summed E-state index contributed by atoms with van der Waals surface area (Å²) >= 11 is 3.91. The van der Waals surface area contributed by atoms with Gasteiger partial charge in [0.15, 0.2) is 23.3 Å². The number of nitrogens with zero attached hydrogens (tertiary/aromatic N) is 22. The molecule has 10 atom stereocenters. The Morgan fingerprint density at radius 3 is 0.820 bits per heavy atom. The van der Waals surface area contributed by atoms with Gasteiger partial charge in [-0.05, 0) is 203 Å². The van der Waals surface area contributed by atoms with E-state index < -0.39 is 0 Å². The van der Waals surface area contributed by atoms with Crippen molar-refractivity contribution in [3.8, 4) is 0 Å². The number of fused-ring (bicyclic) bond motifs is 10. The molecule has 24 heteroatoms. The Balaban J connectivity index is 0.000000131. The lowest BCUT2D eigenvalue weighted by Crippen LogP contribution is -2.49. The number of benzene rings is 7. The van der Waals surface area contributed by atoms with Crippen LogP contribution in [0.3, 0.4) is 0 Å². The molecule has 122 heavy (non-hydrogen) atoms. The van der Waals surface area contributed by atoms with Gasteiger partial charge in [0.05, 0.1) is 124 Å². The summed E-state index contributed by atoms with van der Waals surface area (Å²) in [5.41, 5.74) is 19.2. The van der Waals surface area contributed by atoms with Gasteiger partial charge in [-0.1, -0.05) is 144 Å². The standard InChI is InChI=1S/C24H26N4.C19H24N4.2C17H22N6.C17H18N2S2.4CH4/c1-18-25(3)21-13-7-8-14-22(21)26(18)17-27-19(2)28(20-11-5-4-6-12-20)24-16-10-9-15-23(24)27;1-14-20(3)16-9-5-7-11-18(16)22(14)13-23-15(2)21(4)17-10-6-8-12-19(17)23;1-12-20(3)16-14(7-5-9-18-16)22(12)11-23-13(2)21(4)17-15(23)8-6-10-19-17;1-12-20(3)14-7-5-9-18-16(14)22(12)11-23-13(2)21(4)15-8-6-10-19-17(15)23;1-12-18(14-7-3-5-9-16(14)20-12)11-19-13(2)21-17-10-6-4-8-15(17)19;;;;/h4-16,18-19H,17H2,1-3H3;5-12,14-15H,13H2,1-4H3;2*5-10,12-13H,11H2,1-4H3;3-10,12-13H,11H2,1-2H3;4*1H4/t18-,19-;14-,15+;3*12-,13+;;;;/m0......../s1. The fourth-order valence-corrected chi connectivity index (χ4v) is 20.6. The molecule has 10 aliphatic heterocycles. The number of hydrogen-bond acceptors (Lipinski definition) is 24. The van der Waals surface area contributed by atoms with Gasteiger partial charge in [0.25, 0.3) is 0 Å². The molecular formula is C98H128N22S2. The zero-order valence-electron chi connectivity index (χ0n) is 71.1. The van der Waals surface area contributed by atoms with Crippen LogP contribution in [0.1, 0.15) is 98.9 Å². The molecule has 7 aromatic carbocycles. The largest absolute Gasteiger partial charge is 0.353 e. The Labute approximate surface area is 736 Å². The number of rotatable bonds is 11. The third-order valence-electron chi connectivity index (χ3n) is 26.1. The van der Waals surface area contributed by atoms with Gasteiger partial charge in [-0.3, -0.25) is 0 Å². The van der Waals surface area contributed by atoms with Crippen molar-refractivity contribution in [3.05, 3.63) is 249 Å². The molecule has 0 N–H and O–H groups in total. The summed E-state index contributed by atoms with van der Waals surface area (Å²) < 4.78 is 0. The Morgan fingerprint density at radius 2 is 0.451 bits per heavy atom. The highest BCUT2D eigenvalue weighted by molar-refractivity contribution is 8.00. The van der Waals surface area contributed by atoms with E-state index in [-0.39, 0.29) is 60.5 Å². The predicted octanol–water partition coefficient (Wildman–Crippen LogP) is 20.9. The molecule has 0 unspecified atom stereocenters. The second-order valence-corrected chi connectivity index (χ2v) is 34.9. The summed E-state index contributed by atoms with van der Waals surface area (Å²) in [6, 6.07) is 79.5. The lowest BCUT2D eigenvalue weighted by Gasteiger charge is -2.36. The first-order valence-electron chi connectivity index (χ1n) is 41.5. The maximum atomic E-state index is 4.61. The number of thioether (sulfide) groups is 2. The van der Waals surface area contributed by atoms with Gasteiger partial charge in [0.1, 0.15) is 49.3 Å². The smallest absolute Gasteiger partial charge is 0.155 e. The van der Waals surface area contributed by atoms with Crippen molar-refractivity contribution in [3.63, 3.8) is 0 Å². The number of pyridine rings is 4. The van der Waals surface area contributed by atoms with Crippen LogP contribution in [-0.2, 0) is 0 Å². The highest BCUT2D eigenvalue weighted by Crippen LogP contribution is 2.51. The lowest BCUT2D eigenvalue weighted by molar-refractivity contribution is 0.587. The van der Waals surface area contributed by atoms with Crippen LogP contribution >= 0.6 is 23.5 Å². The van der Waals surface area contributed by atoms with E-state index >= 15 is 0 Å². The molecule has 22 nitrogen and oxygen atoms in total. The molecule has 14 heterocycles. The lowest BCUT2D eigenvalue weighted by atomic mass is 10.2. The second-order valence-electron chi connectivity index (χ2n) is 32.2. The van der Waals surface area contributed by atoms with E-state index in [1.54, 1.807) is 0 Å². The SMILES string of the molecule is C.C.C.C.C[C@@H]1N(C)c2ccccc2N1CN1c2ccccc2N(C)[C@@H]1C.C[C@@H]1N(C)c2cccnc2N1CN1c2ncccc2N(C)[C@@H]1C.C[C@@H]1N(C)c2ncccc2N1CN1c2cccnc2N(C)[C@@H]1C.C[C@@H]1Sc2ccccc2N1CN1c2ccccc2S[C@@H]1C.C[C@H]1N(C)c2ccccc2N1CN1c2ccccc2N(c2ccccc2)[C@H]1C. The summed E-state index contributed by atoms with van der Waals surface area (Å²) in [4.78, 5) is 64.1. The van der Waals surface area contributed by atoms with Crippen molar-refractivity contribution < 1.29 is 0 Å². The van der Waals surface area contributed by atoms with Crippen molar-refractivity contribution in [2.75, 3.05) is 171 Å². The molecule has 10 aliphatic rings. The fourth-order valence-electron chi connectivity index (χ4n) is 18.3. The van der Waals surface area contributed by atoms with Crippen LogP contribution in [0.4, 0.5) is 109 Å². The maximum Gasteiger partial charge on any atom is 0.155 e. The van der Waals surface area contributed by atoms with E-state index in [0.29, 0.717) is 29.2 Å². The Morgan fingerprint density at radius 1 is 0.213 bits per heavy atom. The van der Waals surface area contributed by atoms with Gasteiger partial charge in [-0.25, -0.2) is 19.9 Å². The summed E-state index contributed by atoms with van der Waals surface area (Å²) in [6.07, 6.45) is 9.82. The van der Waals surface area contributed by atoms with Crippen LogP contribution in [0, 0.1) is 0 Å². The van der Waals surface area contributed by atoms with E-state index in [1.165, 1.54) is 95.1 Å². The molecule has 4 aromatic heterocycles. The molecule has 0 bridgehead atoms. The summed E-state index contributed by atoms with van der Waals surface area (Å²) in [5, 5.41) is 0.986. The molecule has 0 aliphatic carbocycles. The quantitative estimate of drug-likeness (QED) is 0.122. The fraction of sp³-hybridized carbons (Fsp3) is 0.367. The van der Waals surface area contributed by atoms with Crippen molar-refractivity contribution in [2.45, 2.75) is 169 Å². The molecule has 642 valence electrons. The third-order valence-corrected chi connectivity index (χ3v) is 28.5. The average molecular weight is 1680 g/mol. The van der Waals surface area contributed by atoms with Crippen LogP contribution in [-0.4, -0.2) is 163 Å². The molecule has 0 saturated heterocycles. The van der Waals surface area contributed by atoms with Crippen LogP contribution in [0.2, 0.25) is 0 Å². The summed E-state index contributed by atoms with van der Waals surface area (Å²) in [7, 11) is 15.0. The molecular weight excluding hydrogens is 1550 g/mol. The first kappa shape index (κ1) is 88.0. The highest BCUT2D eigenvalue weighted by Gasteiger charge is 2.44. The second kappa shape index (κ2) is 36.5. The molecule has 21 rings (SSSR count). The van der Waals surface area contributed by atoms with Crippen molar-refractivity contribution in [1.29, 1.82) is 0 Å². The van der Waals surface area contributed by atoms with E-state index in [0.717, 1.165) is 56.6 Å². The van der Waals surface area contributed by atoms with Gasteiger partial charge in [-0.15, -0.1) is 0 Å². The maximum absolute atomic E-state index is 4.61. The monoisotopic (exact) mass is 1680 g/mol. The van der Waals surface area contributed by atoms with Crippen LogP contribution in [0.5, 0.6) is 0 Å². The predicted molar refractivity (Wildman–Crippen MR) is 525 cm³/mol. The topological polar surface area (TPSA) is 110 Å². The van der Waals surface area contributed by atoms with Crippen LogP contribution in [0.25, 0.3) is 0 Å². The van der Waals surface area contributed by atoms with Crippen LogP contribution < -0.4 is 88.2 Å². The number of anilines is 19. The van der Waals surface area contributed by atoms with Gasteiger partial charge in [-0.2, -0.15) is 0 Å². The van der Waals surface area contributed by atoms with Crippen molar-refractivity contribution >= 4 is 132 Å². The van der Waals surface area contributed by atoms with Crippen LogP contribution in [0.15, 0.2) is 259 Å². The zero-order chi connectivity index (χ0) is 82.1. The highest BCUT2D eigenvalue weighted by atomic mass is 32.2. The van der Waals surface area contributed by atoms with E-state index in [4.69, 9.17) is 0 Å². The minimum atomic E-state index is 0.